The normalized spacial score (nSPS) is 30.1. The molecule has 1 aliphatic heterocycles. The zero-order chi connectivity index (χ0) is 14.8. The first-order valence-electron chi connectivity index (χ1n) is 6.10. The number of rotatable bonds is 1. The number of aliphatic imine (C=N–C) groups is 1. The molecule has 3 rings (SSSR count). The van der Waals surface area contributed by atoms with Gasteiger partial charge in [0.2, 0.25) is 5.95 Å². The first kappa shape index (κ1) is 13.9. The fourth-order valence-corrected chi connectivity index (χ4v) is 5.34. The molecule has 1 aliphatic carbocycles. The number of hydrogen-bond acceptors (Lipinski definition) is 5. The zero-order valence-electron chi connectivity index (χ0n) is 10.7. The van der Waals surface area contributed by atoms with Gasteiger partial charge in [0.25, 0.3) is 0 Å². The lowest BCUT2D eigenvalue weighted by Gasteiger charge is -2.34. The highest BCUT2D eigenvalue weighted by Gasteiger charge is 2.62. The summed E-state index contributed by atoms with van der Waals surface area (Å²) in [6, 6.07) is 1.50. The minimum atomic E-state index is -3.45. The van der Waals surface area contributed by atoms with Crippen molar-refractivity contribution < 1.29 is 12.8 Å². The Balaban J connectivity index is 2.19. The van der Waals surface area contributed by atoms with Gasteiger partial charge in [0.15, 0.2) is 9.84 Å². The average Bonchev–Trinajstić information content (AvgIpc) is 3.11. The number of hydrogen-bond donors (Lipinski definition) is 1. The summed E-state index contributed by atoms with van der Waals surface area (Å²) in [4.78, 5) is 7.92. The number of nitrogens with zero attached hydrogens (tertiary/aromatic N) is 2. The van der Waals surface area contributed by atoms with Crippen molar-refractivity contribution in [3.05, 3.63) is 28.2 Å². The van der Waals surface area contributed by atoms with Gasteiger partial charge in [-0.15, -0.1) is 0 Å². The van der Waals surface area contributed by atoms with Crippen LogP contribution in [0, 0.1) is 5.95 Å². The van der Waals surface area contributed by atoms with Crippen molar-refractivity contribution in [1.29, 1.82) is 0 Å². The minimum Gasteiger partial charge on any atom is -0.386 e. The maximum Gasteiger partial charge on any atom is 0.218 e. The fourth-order valence-electron chi connectivity index (χ4n) is 2.69. The van der Waals surface area contributed by atoms with Crippen LogP contribution in [-0.4, -0.2) is 29.7 Å². The molecule has 1 spiro atoms. The molecule has 1 saturated carbocycles. The maximum atomic E-state index is 13.9. The van der Waals surface area contributed by atoms with Crippen LogP contribution in [0.15, 0.2) is 21.7 Å². The standard InChI is InChI=1S/C12H13BrFN3O2S/c1-11(8-4-7(13)5-16-9(8)14)6-20(18,19)12(2-3-12)10(15)17-11/h4-5H,2-3,6H2,1H3,(H2,15,17)/t11-/m0/s1. The average molecular weight is 362 g/mol. The number of aromatic nitrogens is 1. The number of sulfone groups is 1. The van der Waals surface area contributed by atoms with Crippen LogP contribution in [-0.2, 0) is 15.4 Å². The second-order valence-electron chi connectivity index (χ2n) is 5.52. The van der Waals surface area contributed by atoms with E-state index in [9.17, 15) is 12.8 Å². The van der Waals surface area contributed by atoms with E-state index in [4.69, 9.17) is 5.73 Å². The molecule has 1 atom stereocenters. The Kier molecular flexibility index (Phi) is 2.79. The summed E-state index contributed by atoms with van der Waals surface area (Å²) in [6.45, 7) is 1.57. The molecule has 1 aromatic rings. The quantitative estimate of drug-likeness (QED) is 0.768. The van der Waals surface area contributed by atoms with Crippen molar-refractivity contribution in [3.8, 4) is 0 Å². The highest BCUT2D eigenvalue weighted by atomic mass is 79.9. The lowest BCUT2D eigenvalue weighted by atomic mass is 9.95. The lowest BCUT2D eigenvalue weighted by molar-refractivity contribution is 0.469. The molecule has 0 amide bonds. The van der Waals surface area contributed by atoms with Gasteiger partial charge in [-0.2, -0.15) is 4.39 Å². The van der Waals surface area contributed by atoms with Gasteiger partial charge in [0.05, 0.1) is 5.75 Å². The molecule has 5 nitrogen and oxygen atoms in total. The Morgan fingerprint density at radius 3 is 2.65 bits per heavy atom. The van der Waals surface area contributed by atoms with Crippen LogP contribution in [0.4, 0.5) is 4.39 Å². The molecule has 20 heavy (non-hydrogen) atoms. The molecule has 2 N–H and O–H groups in total. The van der Waals surface area contributed by atoms with Crippen LogP contribution in [0.1, 0.15) is 25.3 Å². The van der Waals surface area contributed by atoms with Crippen LogP contribution >= 0.6 is 15.9 Å². The summed E-state index contributed by atoms with van der Waals surface area (Å²) < 4.78 is 38.4. The van der Waals surface area contributed by atoms with Crippen LogP contribution in [0.5, 0.6) is 0 Å². The van der Waals surface area contributed by atoms with E-state index in [0.29, 0.717) is 17.3 Å². The zero-order valence-corrected chi connectivity index (χ0v) is 13.1. The molecule has 8 heteroatoms. The third-order valence-corrected chi connectivity index (χ3v) is 7.17. The summed E-state index contributed by atoms with van der Waals surface area (Å²) in [6.07, 6.45) is 2.31. The summed E-state index contributed by atoms with van der Waals surface area (Å²) >= 11 is 3.21. The fraction of sp³-hybridized carbons (Fsp3) is 0.500. The van der Waals surface area contributed by atoms with E-state index in [-0.39, 0.29) is 17.2 Å². The molecule has 2 aliphatic rings. The van der Waals surface area contributed by atoms with Crippen LogP contribution < -0.4 is 5.73 Å². The minimum absolute atomic E-state index is 0.0885. The molecule has 0 bridgehead atoms. The SMILES string of the molecule is C[C@@]1(c2cc(Br)cnc2F)CS(=O)(=O)C2(CC2)C(N)=N1. The van der Waals surface area contributed by atoms with Gasteiger partial charge < -0.3 is 5.73 Å². The number of pyridine rings is 1. The Labute approximate surface area is 124 Å². The number of amidine groups is 1. The van der Waals surface area contributed by atoms with Gasteiger partial charge in [-0.05, 0) is 41.8 Å². The van der Waals surface area contributed by atoms with E-state index >= 15 is 0 Å². The third-order valence-electron chi connectivity index (χ3n) is 3.99. The van der Waals surface area contributed by atoms with Crippen LogP contribution in [0.25, 0.3) is 0 Å². The molecule has 0 saturated heterocycles. The van der Waals surface area contributed by atoms with E-state index in [1.54, 1.807) is 6.92 Å². The Morgan fingerprint density at radius 1 is 1.45 bits per heavy atom. The van der Waals surface area contributed by atoms with Crippen molar-refractivity contribution >= 4 is 31.6 Å². The number of nitrogens with two attached hydrogens (primary N) is 1. The summed E-state index contributed by atoms with van der Waals surface area (Å²) in [7, 11) is -3.45. The second kappa shape index (κ2) is 4.00. The Morgan fingerprint density at radius 2 is 2.10 bits per heavy atom. The third kappa shape index (κ3) is 1.81. The molecule has 1 aromatic heterocycles. The van der Waals surface area contributed by atoms with Gasteiger partial charge >= 0.3 is 0 Å². The summed E-state index contributed by atoms with van der Waals surface area (Å²) in [5.41, 5.74) is 4.76. The smallest absolute Gasteiger partial charge is 0.218 e. The molecule has 0 radical (unpaired) electrons. The van der Waals surface area contributed by atoms with E-state index in [1.807, 2.05) is 0 Å². The maximum absolute atomic E-state index is 13.9. The molecule has 2 heterocycles. The molecule has 0 aromatic carbocycles. The van der Waals surface area contributed by atoms with Crippen LogP contribution in [0.2, 0.25) is 0 Å². The van der Waals surface area contributed by atoms with E-state index in [2.05, 4.69) is 25.9 Å². The van der Waals surface area contributed by atoms with Gasteiger partial charge in [-0.25, -0.2) is 13.4 Å². The van der Waals surface area contributed by atoms with Gasteiger partial charge in [-0.3, -0.25) is 4.99 Å². The van der Waals surface area contributed by atoms with Crippen molar-refractivity contribution in [2.75, 3.05) is 5.75 Å². The molecular weight excluding hydrogens is 349 g/mol. The van der Waals surface area contributed by atoms with E-state index < -0.39 is 26.1 Å². The first-order chi connectivity index (χ1) is 9.20. The number of halogens is 2. The lowest BCUT2D eigenvalue weighted by Crippen LogP contribution is -2.50. The van der Waals surface area contributed by atoms with E-state index in [0.717, 1.165) is 0 Å². The summed E-state index contributed by atoms with van der Waals surface area (Å²) in [5.74, 6) is -0.893. The summed E-state index contributed by atoms with van der Waals surface area (Å²) in [5, 5.41) is 0. The molecule has 108 valence electrons. The topological polar surface area (TPSA) is 85.4 Å². The largest absolute Gasteiger partial charge is 0.386 e. The molecule has 1 fully saturated rings. The highest BCUT2D eigenvalue weighted by molar-refractivity contribution is 9.10. The van der Waals surface area contributed by atoms with Gasteiger partial charge in [0, 0.05) is 16.2 Å². The predicted octanol–water partition coefficient (Wildman–Crippen LogP) is 1.52. The van der Waals surface area contributed by atoms with Gasteiger partial charge in [-0.1, -0.05) is 0 Å². The monoisotopic (exact) mass is 361 g/mol. The van der Waals surface area contributed by atoms with Crippen molar-refractivity contribution in [2.24, 2.45) is 10.7 Å². The second-order valence-corrected chi connectivity index (χ2v) is 8.73. The van der Waals surface area contributed by atoms with Crippen LogP contribution in [0.3, 0.4) is 0 Å². The van der Waals surface area contributed by atoms with Gasteiger partial charge in [0.1, 0.15) is 16.1 Å². The molecule has 0 unspecified atom stereocenters. The van der Waals surface area contributed by atoms with Crippen molar-refractivity contribution in [1.82, 2.24) is 4.98 Å². The first-order valence-corrected chi connectivity index (χ1v) is 8.54. The highest BCUT2D eigenvalue weighted by Crippen LogP contribution is 2.50. The van der Waals surface area contributed by atoms with E-state index in [1.165, 1.54) is 12.3 Å². The van der Waals surface area contributed by atoms with Crippen molar-refractivity contribution in [3.63, 3.8) is 0 Å². The Bertz CT molecular complexity index is 730. The Hall–Kier alpha value is -1.02. The predicted molar refractivity (Wildman–Crippen MR) is 76.6 cm³/mol. The molecular formula is C12H13BrFN3O2S. The van der Waals surface area contributed by atoms with Crippen molar-refractivity contribution in [2.45, 2.75) is 30.1 Å².